The number of amides is 1. The molecule has 2 aromatic rings. The van der Waals surface area contributed by atoms with Gasteiger partial charge >= 0.3 is 0 Å². The van der Waals surface area contributed by atoms with Crippen LogP contribution < -0.4 is 0 Å². The van der Waals surface area contributed by atoms with Crippen molar-refractivity contribution in [2.75, 3.05) is 13.2 Å². The van der Waals surface area contributed by atoms with E-state index in [0.717, 1.165) is 23.9 Å². The molecule has 1 aromatic carbocycles. The Hall–Kier alpha value is -1.88. The predicted molar refractivity (Wildman–Crippen MR) is 71.2 cm³/mol. The van der Waals surface area contributed by atoms with Crippen LogP contribution in [0, 0.1) is 0 Å². The molecule has 2 heterocycles. The highest BCUT2D eigenvalue weighted by Crippen LogP contribution is 2.13. The van der Waals surface area contributed by atoms with Crippen molar-refractivity contribution in [1.82, 2.24) is 14.6 Å². The molecular formula is C14H17N3O2. The Labute approximate surface area is 111 Å². The van der Waals surface area contributed by atoms with Gasteiger partial charge in [-0.15, -0.1) is 0 Å². The summed E-state index contributed by atoms with van der Waals surface area (Å²) < 4.78 is 2.01. The lowest BCUT2D eigenvalue weighted by atomic mass is 10.3. The summed E-state index contributed by atoms with van der Waals surface area (Å²) in [4.78, 5) is 21.7. The van der Waals surface area contributed by atoms with Gasteiger partial charge in [0.2, 0.25) is 5.91 Å². The van der Waals surface area contributed by atoms with E-state index >= 15 is 0 Å². The van der Waals surface area contributed by atoms with Gasteiger partial charge in [0.05, 0.1) is 24.0 Å². The molecule has 1 amide bonds. The zero-order valence-corrected chi connectivity index (χ0v) is 10.8. The monoisotopic (exact) mass is 259 g/mol. The highest BCUT2D eigenvalue weighted by atomic mass is 16.7. The van der Waals surface area contributed by atoms with Gasteiger partial charge in [0.1, 0.15) is 0 Å². The maximum Gasteiger partial charge on any atom is 0.247 e. The molecule has 19 heavy (non-hydrogen) atoms. The van der Waals surface area contributed by atoms with E-state index in [-0.39, 0.29) is 5.91 Å². The third-order valence-electron chi connectivity index (χ3n) is 3.37. The number of hydroxylamine groups is 2. The molecule has 0 unspecified atom stereocenters. The van der Waals surface area contributed by atoms with Crippen molar-refractivity contribution in [2.24, 2.45) is 0 Å². The Morgan fingerprint density at radius 3 is 3.05 bits per heavy atom. The molecule has 0 radical (unpaired) electrons. The molecule has 0 N–H and O–H groups in total. The van der Waals surface area contributed by atoms with Crippen LogP contribution in [0.1, 0.15) is 19.3 Å². The summed E-state index contributed by atoms with van der Waals surface area (Å²) >= 11 is 0. The summed E-state index contributed by atoms with van der Waals surface area (Å²) in [5.41, 5.74) is 2.03. The van der Waals surface area contributed by atoms with E-state index in [4.69, 9.17) is 4.84 Å². The van der Waals surface area contributed by atoms with Gasteiger partial charge in [-0.3, -0.25) is 9.63 Å². The quantitative estimate of drug-likeness (QED) is 0.846. The minimum atomic E-state index is 0.0532. The predicted octanol–water partition coefficient (Wildman–Crippen LogP) is 1.98. The SMILES string of the molecule is O=C(CCn1cnc2ccccc21)N1CCCCO1. The molecule has 1 saturated heterocycles. The van der Waals surface area contributed by atoms with Crippen molar-refractivity contribution < 1.29 is 9.63 Å². The van der Waals surface area contributed by atoms with Gasteiger partial charge in [0.15, 0.2) is 0 Å². The number of para-hydroxylation sites is 2. The lowest BCUT2D eigenvalue weighted by Crippen LogP contribution is -2.36. The van der Waals surface area contributed by atoms with Gasteiger partial charge in [-0.2, -0.15) is 0 Å². The van der Waals surface area contributed by atoms with E-state index in [1.165, 1.54) is 5.06 Å². The summed E-state index contributed by atoms with van der Waals surface area (Å²) in [7, 11) is 0. The molecule has 0 spiro atoms. The van der Waals surface area contributed by atoms with Crippen LogP contribution in [0.4, 0.5) is 0 Å². The van der Waals surface area contributed by atoms with E-state index in [0.29, 0.717) is 26.1 Å². The number of imidazole rings is 1. The first kappa shape index (κ1) is 12.2. The number of benzene rings is 1. The molecule has 1 aromatic heterocycles. The Bertz CT molecular complexity index is 573. The third kappa shape index (κ3) is 2.61. The van der Waals surface area contributed by atoms with Crippen molar-refractivity contribution in [3.8, 4) is 0 Å². The van der Waals surface area contributed by atoms with Gasteiger partial charge in [0.25, 0.3) is 0 Å². The van der Waals surface area contributed by atoms with E-state index < -0.39 is 0 Å². The Morgan fingerprint density at radius 2 is 2.21 bits per heavy atom. The van der Waals surface area contributed by atoms with E-state index in [1.807, 2.05) is 28.8 Å². The molecular weight excluding hydrogens is 242 g/mol. The number of carbonyl (C=O) groups excluding carboxylic acids is 1. The van der Waals surface area contributed by atoms with Gasteiger partial charge in [-0.1, -0.05) is 12.1 Å². The number of fused-ring (bicyclic) bond motifs is 1. The van der Waals surface area contributed by atoms with Crippen LogP contribution in [-0.4, -0.2) is 33.7 Å². The van der Waals surface area contributed by atoms with Crippen LogP contribution in [0.3, 0.4) is 0 Å². The van der Waals surface area contributed by atoms with Crippen molar-refractivity contribution in [1.29, 1.82) is 0 Å². The molecule has 1 fully saturated rings. The van der Waals surface area contributed by atoms with Crippen LogP contribution in [0.15, 0.2) is 30.6 Å². The van der Waals surface area contributed by atoms with E-state index in [9.17, 15) is 4.79 Å². The summed E-state index contributed by atoms with van der Waals surface area (Å²) in [6.07, 6.45) is 4.30. The number of carbonyl (C=O) groups is 1. The molecule has 0 bridgehead atoms. The minimum absolute atomic E-state index is 0.0532. The van der Waals surface area contributed by atoms with Gasteiger partial charge in [0, 0.05) is 19.5 Å². The lowest BCUT2D eigenvalue weighted by Gasteiger charge is -2.25. The van der Waals surface area contributed by atoms with Crippen LogP contribution in [0.25, 0.3) is 11.0 Å². The molecule has 0 saturated carbocycles. The Kier molecular flexibility index (Phi) is 3.46. The molecule has 1 aliphatic rings. The third-order valence-corrected chi connectivity index (χ3v) is 3.37. The Balaban J connectivity index is 1.64. The number of aryl methyl sites for hydroxylation is 1. The fraction of sp³-hybridized carbons (Fsp3) is 0.429. The second-order valence-electron chi connectivity index (χ2n) is 4.71. The van der Waals surface area contributed by atoms with Crippen LogP contribution in [-0.2, 0) is 16.2 Å². The summed E-state index contributed by atoms with van der Waals surface area (Å²) in [5.74, 6) is 0.0532. The fourth-order valence-electron chi connectivity index (χ4n) is 2.32. The molecule has 5 nitrogen and oxygen atoms in total. The number of hydrogen-bond acceptors (Lipinski definition) is 3. The zero-order valence-electron chi connectivity index (χ0n) is 10.8. The van der Waals surface area contributed by atoms with Gasteiger partial charge in [-0.25, -0.2) is 10.0 Å². The molecule has 0 aliphatic carbocycles. The fourth-order valence-corrected chi connectivity index (χ4v) is 2.32. The van der Waals surface area contributed by atoms with Crippen molar-refractivity contribution in [2.45, 2.75) is 25.8 Å². The maximum atomic E-state index is 12.0. The topological polar surface area (TPSA) is 47.4 Å². The number of aromatic nitrogens is 2. The lowest BCUT2D eigenvalue weighted by molar-refractivity contribution is -0.197. The van der Waals surface area contributed by atoms with Crippen LogP contribution in [0.5, 0.6) is 0 Å². The number of rotatable bonds is 3. The number of nitrogens with zero attached hydrogens (tertiary/aromatic N) is 3. The van der Waals surface area contributed by atoms with E-state index in [2.05, 4.69) is 4.98 Å². The molecule has 3 rings (SSSR count). The summed E-state index contributed by atoms with van der Waals surface area (Å²) in [6.45, 7) is 2.00. The van der Waals surface area contributed by atoms with Crippen LogP contribution >= 0.6 is 0 Å². The van der Waals surface area contributed by atoms with Crippen molar-refractivity contribution in [3.63, 3.8) is 0 Å². The van der Waals surface area contributed by atoms with E-state index in [1.54, 1.807) is 6.33 Å². The minimum Gasteiger partial charge on any atom is -0.330 e. The normalized spacial score (nSPS) is 15.9. The zero-order chi connectivity index (χ0) is 13.1. The first-order valence-corrected chi connectivity index (χ1v) is 6.68. The Morgan fingerprint density at radius 1 is 1.32 bits per heavy atom. The van der Waals surface area contributed by atoms with Crippen molar-refractivity contribution in [3.05, 3.63) is 30.6 Å². The number of hydrogen-bond donors (Lipinski definition) is 0. The first-order valence-electron chi connectivity index (χ1n) is 6.68. The highest BCUT2D eigenvalue weighted by Gasteiger charge is 2.17. The molecule has 5 heteroatoms. The molecule has 0 atom stereocenters. The van der Waals surface area contributed by atoms with Gasteiger partial charge < -0.3 is 4.57 Å². The second-order valence-corrected chi connectivity index (χ2v) is 4.71. The van der Waals surface area contributed by atoms with Crippen molar-refractivity contribution >= 4 is 16.9 Å². The van der Waals surface area contributed by atoms with Gasteiger partial charge in [-0.05, 0) is 25.0 Å². The highest BCUT2D eigenvalue weighted by molar-refractivity contribution is 5.77. The van der Waals surface area contributed by atoms with Crippen LogP contribution in [0.2, 0.25) is 0 Å². The smallest absolute Gasteiger partial charge is 0.247 e. The maximum absolute atomic E-state index is 12.0. The first-order chi connectivity index (χ1) is 9.34. The average molecular weight is 259 g/mol. The largest absolute Gasteiger partial charge is 0.330 e. The average Bonchev–Trinajstić information content (AvgIpc) is 2.89. The molecule has 100 valence electrons. The summed E-state index contributed by atoms with van der Waals surface area (Å²) in [5, 5.41) is 1.50. The standard InChI is InChI=1S/C14H17N3O2/c18-14(17-8-3-4-10-19-17)7-9-16-11-15-12-5-1-2-6-13(12)16/h1-2,5-6,11H,3-4,7-10H2. The molecule has 1 aliphatic heterocycles. The second kappa shape index (κ2) is 5.40. The summed E-state index contributed by atoms with van der Waals surface area (Å²) in [6, 6.07) is 7.94.